The zero-order valence-corrected chi connectivity index (χ0v) is 10.6. The van der Waals surface area contributed by atoms with Gasteiger partial charge in [0.05, 0.1) is 11.2 Å². The number of allylic oxidation sites excluding steroid dienone is 2. The zero-order chi connectivity index (χ0) is 14.7. The summed E-state index contributed by atoms with van der Waals surface area (Å²) in [5.41, 5.74) is -1.14. The summed E-state index contributed by atoms with van der Waals surface area (Å²) in [4.78, 5) is 19.5. The van der Waals surface area contributed by atoms with Crippen LogP contribution in [0.4, 0.5) is 8.78 Å². The SMILES string of the molecule is C=CC(F)c1nc(C(F)C=C)c2ccccc2nc1=O. The Morgan fingerprint density at radius 3 is 2.25 bits per heavy atom. The Morgan fingerprint density at radius 2 is 1.60 bits per heavy atom. The fourth-order valence-corrected chi connectivity index (χ4v) is 1.81. The van der Waals surface area contributed by atoms with Gasteiger partial charge in [0.1, 0.15) is 5.69 Å². The van der Waals surface area contributed by atoms with Gasteiger partial charge in [-0.15, -0.1) is 0 Å². The topological polar surface area (TPSA) is 42.9 Å². The predicted molar refractivity (Wildman–Crippen MR) is 73.9 cm³/mol. The number of alkyl halides is 2. The summed E-state index contributed by atoms with van der Waals surface area (Å²) in [6.45, 7) is 6.62. The molecule has 1 aromatic carbocycles. The fraction of sp³-hybridized carbons (Fsp3) is 0.133. The van der Waals surface area contributed by atoms with Crippen molar-refractivity contribution in [2.75, 3.05) is 0 Å². The van der Waals surface area contributed by atoms with Gasteiger partial charge in [-0.1, -0.05) is 43.5 Å². The van der Waals surface area contributed by atoms with Crippen LogP contribution >= 0.6 is 0 Å². The van der Waals surface area contributed by atoms with E-state index in [2.05, 4.69) is 23.1 Å². The molecule has 0 aliphatic rings. The number of aromatic nitrogens is 2. The summed E-state index contributed by atoms with van der Waals surface area (Å²) in [6, 6.07) is 6.43. The smallest absolute Gasteiger partial charge is 0.265 e. The van der Waals surface area contributed by atoms with Crippen molar-refractivity contribution >= 4 is 10.9 Å². The van der Waals surface area contributed by atoms with Crippen LogP contribution in [0, 0.1) is 0 Å². The molecule has 0 radical (unpaired) electrons. The largest absolute Gasteiger partial charge is 0.295 e. The van der Waals surface area contributed by atoms with Crippen molar-refractivity contribution < 1.29 is 8.78 Å². The maximum Gasteiger partial charge on any atom is 0.295 e. The predicted octanol–water partition coefficient (Wildman–Crippen LogP) is 3.38. The second-order valence-electron chi connectivity index (χ2n) is 4.09. The zero-order valence-electron chi connectivity index (χ0n) is 10.6. The molecule has 2 unspecified atom stereocenters. The number of rotatable bonds is 4. The molecule has 0 bridgehead atoms. The van der Waals surface area contributed by atoms with Gasteiger partial charge in [0.2, 0.25) is 0 Å². The molecule has 2 aromatic rings. The molecule has 0 spiro atoms. The summed E-state index contributed by atoms with van der Waals surface area (Å²) in [6.07, 6.45) is -1.47. The third kappa shape index (κ3) is 2.47. The highest BCUT2D eigenvalue weighted by Gasteiger charge is 2.18. The molecule has 0 saturated heterocycles. The average Bonchev–Trinajstić information content (AvgIpc) is 2.62. The standard InChI is InChI=1S/C15H12F2N2O/c1-3-10(16)13-9-7-5-6-8-12(9)18-15(20)14(19-13)11(17)4-2/h3-8,10-11H,1-2H2. The molecule has 2 atom stereocenters. The Labute approximate surface area is 114 Å². The van der Waals surface area contributed by atoms with Crippen LogP contribution in [0.3, 0.4) is 0 Å². The van der Waals surface area contributed by atoms with Crippen LogP contribution in [0.5, 0.6) is 0 Å². The van der Waals surface area contributed by atoms with Gasteiger partial charge in [0.15, 0.2) is 12.3 Å². The Hall–Kier alpha value is -2.43. The molecule has 0 aliphatic heterocycles. The van der Waals surface area contributed by atoms with E-state index in [1.807, 2.05) is 0 Å². The Bertz CT molecular complexity index is 731. The van der Waals surface area contributed by atoms with Gasteiger partial charge in [0, 0.05) is 5.39 Å². The van der Waals surface area contributed by atoms with E-state index in [1.165, 1.54) is 0 Å². The summed E-state index contributed by atoms with van der Waals surface area (Å²) >= 11 is 0. The molecule has 0 amide bonds. The molecule has 2 rings (SSSR count). The Morgan fingerprint density at radius 1 is 1.00 bits per heavy atom. The quantitative estimate of drug-likeness (QED) is 0.803. The Kier molecular flexibility index (Phi) is 3.98. The number of fused-ring (bicyclic) bond motifs is 1. The lowest BCUT2D eigenvalue weighted by molar-refractivity contribution is 0.389. The van der Waals surface area contributed by atoms with Gasteiger partial charge in [-0.3, -0.25) is 4.79 Å². The van der Waals surface area contributed by atoms with Crippen LogP contribution in [-0.4, -0.2) is 9.97 Å². The lowest BCUT2D eigenvalue weighted by atomic mass is 10.1. The highest BCUT2D eigenvalue weighted by molar-refractivity contribution is 5.80. The number of para-hydroxylation sites is 1. The van der Waals surface area contributed by atoms with Gasteiger partial charge < -0.3 is 0 Å². The summed E-state index contributed by atoms with van der Waals surface area (Å²) in [5.74, 6) is 0. The van der Waals surface area contributed by atoms with E-state index in [1.54, 1.807) is 24.3 Å². The highest BCUT2D eigenvalue weighted by atomic mass is 19.1. The van der Waals surface area contributed by atoms with Crippen molar-refractivity contribution in [2.45, 2.75) is 12.3 Å². The number of halogens is 2. The number of hydrogen-bond acceptors (Lipinski definition) is 3. The molecule has 0 aliphatic carbocycles. The van der Waals surface area contributed by atoms with Crippen LogP contribution < -0.4 is 5.56 Å². The van der Waals surface area contributed by atoms with Gasteiger partial charge in [-0.2, -0.15) is 0 Å². The van der Waals surface area contributed by atoms with Crippen LogP contribution in [0.1, 0.15) is 23.7 Å². The molecular weight excluding hydrogens is 262 g/mol. The molecule has 1 heterocycles. The van der Waals surface area contributed by atoms with E-state index in [0.29, 0.717) is 5.39 Å². The summed E-state index contributed by atoms with van der Waals surface area (Å²) in [5, 5.41) is 0.347. The van der Waals surface area contributed by atoms with E-state index in [4.69, 9.17) is 0 Å². The minimum atomic E-state index is -1.80. The molecule has 3 nitrogen and oxygen atoms in total. The fourth-order valence-electron chi connectivity index (χ4n) is 1.81. The van der Waals surface area contributed by atoms with Gasteiger partial charge in [-0.25, -0.2) is 18.7 Å². The molecular formula is C15H12F2N2O. The maximum absolute atomic E-state index is 14.0. The first-order valence-corrected chi connectivity index (χ1v) is 5.92. The maximum atomic E-state index is 14.0. The molecule has 5 heteroatoms. The van der Waals surface area contributed by atoms with Gasteiger partial charge >= 0.3 is 0 Å². The van der Waals surface area contributed by atoms with Gasteiger partial charge in [0.25, 0.3) is 5.56 Å². The van der Waals surface area contributed by atoms with E-state index < -0.39 is 23.6 Å². The first kappa shape index (κ1) is 14.0. The van der Waals surface area contributed by atoms with Crippen molar-refractivity contribution in [2.24, 2.45) is 0 Å². The van der Waals surface area contributed by atoms with Crippen molar-refractivity contribution in [1.29, 1.82) is 0 Å². The lowest BCUT2D eigenvalue weighted by Gasteiger charge is -2.04. The highest BCUT2D eigenvalue weighted by Crippen LogP contribution is 2.25. The minimum absolute atomic E-state index is 0.0790. The first-order chi connectivity index (χ1) is 9.58. The minimum Gasteiger partial charge on any atom is -0.265 e. The van der Waals surface area contributed by atoms with Crippen LogP contribution in [-0.2, 0) is 0 Å². The van der Waals surface area contributed by atoms with Crippen molar-refractivity contribution in [3.63, 3.8) is 0 Å². The number of benzene rings is 1. The molecule has 0 saturated carbocycles. The average molecular weight is 274 g/mol. The third-order valence-corrected chi connectivity index (χ3v) is 2.80. The van der Waals surface area contributed by atoms with Crippen LogP contribution in [0.25, 0.3) is 10.9 Å². The monoisotopic (exact) mass is 274 g/mol. The normalized spacial score (nSPS) is 13.7. The molecule has 0 N–H and O–H groups in total. The summed E-state index contributed by atoms with van der Waals surface area (Å²) < 4.78 is 27.7. The number of nitrogens with zero attached hydrogens (tertiary/aromatic N) is 2. The van der Waals surface area contributed by atoms with E-state index >= 15 is 0 Å². The first-order valence-electron chi connectivity index (χ1n) is 5.92. The van der Waals surface area contributed by atoms with Crippen molar-refractivity contribution in [3.8, 4) is 0 Å². The Balaban J connectivity index is 2.93. The lowest BCUT2D eigenvalue weighted by Crippen LogP contribution is -2.12. The van der Waals surface area contributed by atoms with Gasteiger partial charge in [-0.05, 0) is 6.07 Å². The van der Waals surface area contributed by atoms with Crippen LogP contribution in [0.15, 0.2) is 54.4 Å². The van der Waals surface area contributed by atoms with E-state index in [0.717, 1.165) is 12.2 Å². The van der Waals surface area contributed by atoms with E-state index in [-0.39, 0.29) is 11.2 Å². The third-order valence-electron chi connectivity index (χ3n) is 2.80. The molecule has 1 aromatic heterocycles. The second-order valence-corrected chi connectivity index (χ2v) is 4.09. The number of hydrogen-bond donors (Lipinski definition) is 0. The second kappa shape index (κ2) is 5.69. The van der Waals surface area contributed by atoms with Crippen molar-refractivity contribution in [1.82, 2.24) is 9.97 Å². The molecule has 102 valence electrons. The van der Waals surface area contributed by atoms with E-state index in [9.17, 15) is 13.6 Å². The van der Waals surface area contributed by atoms with Crippen molar-refractivity contribution in [3.05, 3.63) is 71.3 Å². The molecule has 0 fully saturated rings. The molecule has 20 heavy (non-hydrogen) atoms. The van der Waals surface area contributed by atoms with Crippen LogP contribution in [0.2, 0.25) is 0 Å². The summed E-state index contributed by atoms with van der Waals surface area (Å²) in [7, 11) is 0.